The Kier molecular flexibility index (Phi) is 6.13. The molecule has 25 heavy (non-hydrogen) atoms. The van der Waals surface area contributed by atoms with Crippen LogP contribution in [0.15, 0.2) is 58.5 Å². The van der Waals surface area contributed by atoms with Crippen LogP contribution in [-0.4, -0.2) is 43.5 Å². The Hall–Kier alpha value is -2.42. The molecule has 2 aromatic rings. The number of carbonyl (C=O) groups excluding carboxylic acids is 1. The molecule has 0 aliphatic rings. The molecular formula is C16H16ClN3O4S. The highest BCUT2D eigenvalue weighted by atomic mass is 35.5. The fourth-order valence-corrected chi connectivity index (χ4v) is 3.10. The first-order valence-electron chi connectivity index (χ1n) is 7.12. The second kappa shape index (κ2) is 8.11. The molecule has 0 saturated carbocycles. The quantitative estimate of drug-likeness (QED) is 0.588. The van der Waals surface area contributed by atoms with E-state index < -0.39 is 22.5 Å². The van der Waals surface area contributed by atoms with Crippen molar-refractivity contribution in [3.63, 3.8) is 0 Å². The molecule has 2 aromatic carbocycles. The zero-order valence-corrected chi connectivity index (χ0v) is 14.8. The average Bonchev–Trinajstić information content (AvgIpc) is 2.57. The second-order valence-corrected chi connectivity index (χ2v) is 7.58. The van der Waals surface area contributed by atoms with E-state index in [-0.39, 0.29) is 10.6 Å². The maximum absolute atomic E-state index is 12.3. The summed E-state index contributed by atoms with van der Waals surface area (Å²) in [6.45, 7) is -0.391. The number of phenols is 1. The van der Waals surface area contributed by atoms with Gasteiger partial charge in [0, 0.05) is 12.1 Å². The van der Waals surface area contributed by atoms with E-state index in [2.05, 4.69) is 10.5 Å². The molecule has 7 nitrogen and oxygen atoms in total. The van der Waals surface area contributed by atoms with Crippen molar-refractivity contribution >= 4 is 33.7 Å². The van der Waals surface area contributed by atoms with Gasteiger partial charge in [-0.25, -0.2) is 13.8 Å². The van der Waals surface area contributed by atoms with Crippen LogP contribution in [0.5, 0.6) is 5.75 Å². The first kappa shape index (κ1) is 18.9. The van der Waals surface area contributed by atoms with Gasteiger partial charge in [0.1, 0.15) is 5.75 Å². The molecule has 0 bridgehead atoms. The minimum Gasteiger partial charge on any atom is -0.508 e. The van der Waals surface area contributed by atoms with Crippen molar-refractivity contribution in [1.29, 1.82) is 0 Å². The largest absolute Gasteiger partial charge is 0.508 e. The molecule has 0 aliphatic carbocycles. The Morgan fingerprint density at radius 1 is 1.20 bits per heavy atom. The summed E-state index contributed by atoms with van der Waals surface area (Å²) in [7, 11) is -2.50. The predicted molar refractivity (Wildman–Crippen MR) is 95.1 cm³/mol. The van der Waals surface area contributed by atoms with Crippen molar-refractivity contribution in [1.82, 2.24) is 9.73 Å². The molecule has 0 unspecified atom stereocenters. The van der Waals surface area contributed by atoms with Gasteiger partial charge < -0.3 is 5.11 Å². The number of likely N-dealkylation sites (N-methyl/N-ethyl adjacent to an activating group) is 1. The van der Waals surface area contributed by atoms with Crippen LogP contribution in [0.1, 0.15) is 5.56 Å². The van der Waals surface area contributed by atoms with Crippen LogP contribution < -0.4 is 5.43 Å². The highest BCUT2D eigenvalue weighted by Crippen LogP contribution is 2.17. The standard InChI is InChI=1S/C16H16ClN3O4S/c1-20(25(23,24)15-8-4-13(17)5-9-15)11-16(22)19-18-10-12-2-6-14(21)7-3-12/h2-10,21H,11H2,1H3,(H,19,22)/b18-10+. The van der Waals surface area contributed by atoms with Gasteiger partial charge in [0.05, 0.1) is 17.7 Å². The Balaban J connectivity index is 1.95. The number of halogens is 1. The molecule has 2 rings (SSSR count). The minimum atomic E-state index is -3.80. The highest BCUT2D eigenvalue weighted by molar-refractivity contribution is 7.89. The summed E-state index contributed by atoms with van der Waals surface area (Å²) < 4.78 is 25.6. The van der Waals surface area contributed by atoms with E-state index in [0.29, 0.717) is 10.6 Å². The fourth-order valence-electron chi connectivity index (χ4n) is 1.85. The highest BCUT2D eigenvalue weighted by Gasteiger charge is 2.22. The molecule has 0 aromatic heterocycles. The molecule has 9 heteroatoms. The van der Waals surface area contributed by atoms with E-state index >= 15 is 0 Å². The van der Waals surface area contributed by atoms with Crippen molar-refractivity contribution in [2.45, 2.75) is 4.90 Å². The van der Waals surface area contributed by atoms with Gasteiger partial charge in [-0.1, -0.05) is 11.6 Å². The number of hydrogen-bond acceptors (Lipinski definition) is 5. The van der Waals surface area contributed by atoms with Gasteiger partial charge in [0.2, 0.25) is 10.0 Å². The van der Waals surface area contributed by atoms with E-state index in [1.807, 2.05) is 0 Å². The van der Waals surface area contributed by atoms with Crippen LogP contribution in [0.2, 0.25) is 5.02 Å². The van der Waals surface area contributed by atoms with E-state index in [4.69, 9.17) is 11.6 Å². The number of phenolic OH excluding ortho intramolecular Hbond substituents is 1. The Morgan fingerprint density at radius 2 is 1.80 bits per heavy atom. The summed E-state index contributed by atoms with van der Waals surface area (Å²) in [6, 6.07) is 11.9. The van der Waals surface area contributed by atoms with E-state index in [1.54, 1.807) is 12.1 Å². The summed E-state index contributed by atoms with van der Waals surface area (Å²) in [4.78, 5) is 11.9. The zero-order valence-electron chi connectivity index (χ0n) is 13.3. The predicted octanol–water partition coefficient (Wildman–Crippen LogP) is 1.82. The van der Waals surface area contributed by atoms with Crippen molar-refractivity contribution in [3.8, 4) is 5.75 Å². The van der Waals surface area contributed by atoms with Crippen LogP contribution in [0.3, 0.4) is 0 Å². The molecule has 0 spiro atoms. The number of sulfonamides is 1. The number of benzene rings is 2. The topological polar surface area (TPSA) is 99.1 Å². The zero-order chi connectivity index (χ0) is 18.4. The molecule has 0 heterocycles. The number of nitrogens with one attached hydrogen (secondary N) is 1. The third kappa shape index (κ3) is 5.28. The molecule has 0 saturated heterocycles. The molecule has 0 fully saturated rings. The van der Waals surface area contributed by atoms with Crippen LogP contribution in [-0.2, 0) is 14.8 Å². The van der Waals surface area contributed by atoms with E-state index in [9.17, 15) is 18.3 Å². The van der Waals surface area contributed by atoms with Gasteiger partial charge in [-0.2, -0.15) is 9.41 Å². The molecule has 0 atom stereocenters. The molecule has 0 radical (unpaired) electrons. The monoisotopic (exact) mass is 381 g/mol. The van der Waals surface area contributed by atoms with Crippen molar-refractivity contribution < 1.29 is 18.3 Å². The van der Waals surface area contributed by atoms with Crippen LogP contribution in [0.25, 0.3) is 0 Å². The van der Waals surface area contributed by atoms with E-state index in [1.165, 1.54) is 49.7 Å². The van der Waals surface area contributed by atoms with Crippen LogP contribution >= 0.6 is 11.6 Å². The molecular weight excluding hydrogens is 366 g/mol. The maximum atomic E-state index is 12.3. The number of aromatic hydroxyl groups is 1. The summed E-state index contributed by atoms with van der Waals surface area (Å²) in [5, 5.41) is 13.3. The Bertz CT molecular complexity index is 865. The van der Waals surface area contributed by atoms with Gasteiger partial charge in [-0.15, -0.1) is 0 Å². The summed E-state index contributed by atoms with van der Waals surface area (Å²) in [6.07, 6.45) is 1.38. The van der Waals surface area contributed by atoms with Gasteiger partial charge in [-0.05, 0) is 54.1 Å². The SMILES string of the molecule is CN(CC(=O)N/N=C/c1ccc(O)cc1)S(=O)(=O)c1ccc(Cl)cc1. The Labute approximate surface area is 150 Å². The summed E-state index contributed by atoms with van der Waals surface area (Å²) in [5.41, 5.74) is 2.92. The Morgan fingerprint density at radius 3 is 2.40 bits per heavy atom. The summed E-state index contributed by atoms with van der Waals surface area (Å²) >= 11 is 5.74. The number of carbonyl (C=O) groups is 1. The number of amides is 1. The van der Waals surface area contributed by atoms with Gasteiger partial charge in [-0.3, -0.25) is 4.79 Å². The normalized spacial score (nSPS) is 11.8. The van der Waals surface area contributed by atoms with E-state index in [0.717, 1.165) is 4.31 Å². The number of rotatable bonds is 6. The average molecular weight is 382 g/mol. The molecule has 0 aliphatic heterocycles. The van der Waals surface area contributed by atoms with Crippen molar-refractivity contribution in [2.75, 3.05) is 13.6 Å². The maximum Gasteiger partial charge on any atom is 0.255 e. The number of hydrogen-bond donors (Lipinski definition) is 2. The first-order chi connectivity index (χ1) is 11.8. The van der Waals surface area contributed by atoms with Crippen LogP contribution in [0, 0.1) is 0 Å². The molecule has 1 amide bonds. The molecule has 132 valence electrons. The lowest BCUT2D eigenvalue weighted by atomic mass is 10.2. The third-order valence-electron chi connectivity index (χ3n) is 3.18. The second-order valence-electron chi connectivity index (χ2n) is 5.10. The van der Waals surface area contributed by atoms with Gasteiger partial charge >= 0.3 is 0 Å². The van der Waals surface area contributed by atoms with Gasteiger partial charge in [0.25, 0.3) is 5.91 Å². The van der Waals surface area contributed by atoms with Crippen LogP contribution in [0.4, 0.5) is 0 Å². The molecule has 2 N–H and O–H groups in total. The number of hydrazone groups is 1. The lowest BCUT2D eigenvalue weighted by Gasteiger charge is -2.16. The smallest absolute Gasteiger partial charge is 0.255 e. The lowest BCUT2D eigenvalue weighted by molar-refractivity contribution is -0.121. The van der Waals surface area contributed by atoms with Crippen molar-refractivity contribution in [3.05, 3.63) is 59.1 Å². The minimum absolute atomic E-state index is 0.0415. The first-order valence-corrected chi connectivity index (χ1v) is 8.93. The third-order valence-corrected chi connectivity index (χ3v) is 5.25. The fraction of sp³-hybridized carbons (Fsp3) is 0.125. The van der Waals surface area contributed by atoms with Crippen molar-refractivity contribution in [2.24, 2.45) is 5.10 Å². The lowest BCUT2D eigenvalue weighted by Crippen LogP contribution is -2.36. The van der Waals surface area contributed by atoms with Gasteiger partial charge in [0.15, 0.2) is 0 Å². The number of nitrogens with zero attached hydrogens (tertiary/aromatic N) is 2. The summed E-state index contributed by atoms with van der Waals surface area (Å²) in [5.74, 6) is -0.467.